The minimum atomic E-state index is 0.874. The van der Waals surface area contributed by atoms with Crippen molar-refractivity contribution in [1.29, 1.82) is 0 Å². The third-order valence-corrected chi connectivity index (χ3v) is 12.2. The number of hydrogen-bond donors (Lipinski definition) is 0. The highest BCUT2D eigenvalue weighted by molar-refractivity contribution is 6.20. The van der Waals surface area contributed by atoms with Crippen LogP contribution in [-0.2, 0) is 0 Å². The van der Waals surface area contributed by atoms with Crippen molar-refractivity contribution in [2.45, 2.75) is 0 Å². The van der Waals surface area contributed by atoms with Crippen molar-refractivity contribution in [1.82, 2.24) is 4.57 Å². The third kappa shape index (κ3) is 5.66. The largest absolute Gasteiger partial charge is 0.455 e. The Labute approximate surface area is 353 Å². The average molecular weight is 779 g/mol. The maximum atomic E-state index is 6.72. The van der Waals surface area contributed by atoms with Gasteiger partial charge in [0, 0.05) is 49.4 Å². The predicted octanol–water partition coefficient (Wildman–Crippen LogP) is 16.3. The lowest BCUT2D eigenvalue weighted by atomic mass is 9.94. The number of fused-ring (bicyclic) bond motifs is 8. The summed E-state index contributed by atoms with van der Waals surface area (Å²) >= 11 is 0. The second kappa shape index (κ2) is 14.3. The first-order valence-corrected chi connectivity index (χ1v) is 20.9. The molecule has 10 aromatic carbocycles. The highest BCUT2D eigenvalue weighted by Crippen LogP contribution is 2.49. The minimum absolute atomic E-state index is 0.874. The monoisotopic (exact) mass is 778 g/mol. The van der Waals surface area contributed by atoms with E-state index in [2.05, 4.69) is 240 Å². The smallest absolute Gasteiger partial charge is 0.143 e. The van der Waals surface area contributed by atoms with Gasteiger partial charge >= 0.3 is 0 Å². The molecule has 0 radical (unpaired) electrons. The van der Waals surface area contributed by atoms with Gasteiger partial charge in [-0.3, -0.25) is 0 Å². The zero-order valence-electron chi connectivity index (χ0n) is 33.2. The number of para-hydroxylation sites is 4. The highest BCUT2D eigenvalue weighted by Gasteiger charge is 2.25. The first-order valence-electron chi connectivity index (χ1n) is 20.9. The van der Waals surface area contributed by atoms with Gasteiger partial charge in [0.1, 0.15) is 11.2 Å². The molecule has 2 heterocycles. The second-order valence-electron chi connectivity index (χ2n) is 15.6. The number of hydrogen-bond acceptors (Lipinski definition) is 2. The molecule has 0 N–H and O–H groups in total. The molecule has 0 fully saturated rings. The average Bonchev–Trinajstić information content (AvgIpc) is 3.90. The Hall–Kier alpha value is -8.14. The van der Waals surface area contributed by atoms with Crippen LogP contribution >= 0.6 is 0 Å². The minimum Gasteiger partial charge on any atom is -0.455 e. The third-order valence-electron chi connectivity index (χ3n) is 12.2. The van der Waals surface area contributed by atoms with Gasteiger partial charge < -0.3 is 13.9 Å². The van der Waals surface area contributed by atoms with Crippen LogP contribution in [0.15, 0.2) is 235 Å². The van der Waals surface area contributed by atoms with Crippen LogP contribution in [0.5, 0.6) is 0 Å². The van der Waals surface area contributed by atoms with E-state index < -0.39 is 0 Å². The number of aromatic nitrogens is 1. The summed E-state index contributed by atoms with van der Waals surface area (Å²) in [6, 6.07) is 82.9. The van der Waals surface area contributed by atoms with Crippen molar-refractivity contribution in [2.75, 3.05) is 4.90 Å². The van der Waals surface area contributed by atoms with E-state index in [1.54, 1.807) is 0 Å². The molecule has 0 saturated heterocycles. The summed E-state index contributed by atoms with van der Waals surface area (Å²) in [5.74, 6) is 0. The van der Waals surface area contributed by atoms with Gasteiger partial charge in [-0.1, -0.05) is 170 Å². The maximum absolute atomic E-state index is 6.72. The fourth-order valence-corrected chi connectivity index (χ4v) is 9.51. The Morgan fingerprint density at radius 2 is 0.902 bits per heavy atom. The van der Waals surface area contributed by atoms with Crippen LogP contribution in [0, 0.1) is 0 Å². The topological polar surface area (TPSA) is 21.3 Å². The van der Waals surface area contributed by atoms with Crippen LogP contribution < -0.4 is 4.90 Å². The van der Waals surface area contributed by atoms with Gasteiger partial charge in [0.15, 0.2) is 0 Å². The van der Waals surface area contributed by atoms with Gasteiger partial charge in [-0.25, -0.2) is 0 Å². The number of nitrogens with zero attached hydrogens (tertiary/aromatic N) is 2. The van der Waals surface area contributed by atoms with Gasteiger partial charge in [-0.2, -0.15) is 0 Å². The Balaban J connectivity index is 1.12. The van der Waals surface area contributed by atoms with E-state index in [1.165, 1.54) is 43.9 Å². The molecule has 0 aliphatic rings. The molecule has 0 aliphatic carbocycles. The molecule has 3 nitrogen and oxygen atoms in total. The van der Waals surface area contributed by atoms with Crippen LogP contribution in [-0.4, -0.2) is 4.57 Å². The van der Waals surface area contributed by atoms with Crippen LogP contribution in [0.3, 0.4) is 0 Å². The highest BCUT2D eigenvalue weighted by atomic mass is 16.3. The van der Waals surface area contributed by atoms with Gasteiger partial charge in [-0.05, 0) is 88.3 Å². The van der Waals surface area contributed by atoms with E-state index in [-0.39, 0.29) is 0 Å². The number of anilines is 3. The van der Waals surface area contributed by atoms with E-state index in [1.807, 2.05) is 0 Å². The zero-order valence-corrected chi connectivity index (χ0v) is 33.2. The van der Waals surface area contributed by atoms with E-state index in [0.29, 0.717) is 0 Å². The predicted molar refractivity (Wildman–Crippen MR) is 257 cm³/mol. The Bertz CT molecular complexity index is 3580. The molecule has 0 spiro atoms. The Kier molecular flexibility index (Phi) is 8.17. The fourth-order valence-electron chi connectivity index (χ4n) is 9.51. The molecule has 0 aliphatic heterocycles. The quantitative estimate of drug-likeness (QED) is 0.161. The summed E-state index contributed by atoms with van der Waals surface area (Å²) < 4.78 is 9.12. The molecule has 12 aromatic rings. The van der Waals surface area contributed by atoms with Crippen molar-refractivity contribution >= 4 is 71.6 Å². The van der Waals surface area contributed by atoms with Crippen molar-refractivity contribution in [3.05, 3.63) is 231 Å². The molecule has 2 aromatic heterocycles. The molecule has 3 heteroatoms. The molecule has 61 heavy (non-hydrogen) atoms. The maximum Gasteiger partial charge on any atom is 0.143 e. The number of furan rings is 1. The molecule has 0 amide bonds. The molecule has 12 rings (SSSR count). The summed E-state index contributed by atoms with van der Waals surface area (Å²) in [5.41, 5.74) is 15.4. The van der Waals surface area contributed by atoms with Crippen LogP contribution in [0.1, 0.15) is 0 Å². The Morgan fingerprint density at radius 1 is 0.344 bits per heavy atom. The van der Waals surface area contributed by atoms with Crippen molar-refractivity contribution in [3.8, 4) is 39.1 Å². The lowest BCUT2D eigenvalue weighted by Crippen LogP contribution is -2.12. The zero-order chi connectivity index (χ0) is 40.3. The van der Waals surface area contributed by atoms with Gasteiger partial charge in [0.05, 0.1) is 22.4 Å². The van der Waals surface area contributed by atoms with E-state index >= 15 is 0 Å². The summed E-state index contributed by atoms with van der Waals surface area (Å²) in [7, 11) is 0. The molecule has 286 valence electrons. The van der Waals surface area contributed by atoms with Crippen molar-refractivity contribution in [2.24, 2.45) is 0 Å². The van der Waals surface area contributed by atoms with Gasteiger partial charge in [0.25, 0.3) is 0 Å². The Morgan fingerprint density at radius 3 is 1.66 bits per heavy atom. The van der Waals surface area contributed by atoms with Crippen LogP contribution in [0.2, 0.25) is 0 Å². The normalized spacial score (nSPS) is 11.6. The lowest BCUT2D eigenvalue weighted by Gasteiger charge is -2.30. The molecule has 0 saturated carbocycles. The fraction of sp³-hybridized carbons (Fsp3) is 0. The van der Waals surface area contributed by atoms with Crippen molar-refractivity contribution in [3.63, 3.8) is 0 Å². The van der Waals surface area contributed by atoms with Crippen LogP contribution in [0.25, 0.3) is 93.6 Å². The molecule has 0 atom stereocenters. The van der Waals surface area contributed by atoms with E-state index in [4.69, 9.17) is 4.42 Å². The summed E-state index contributed by atoms with van der Waals surface area (Å²) in [6.07, 6.45) is 0. The lowest BCUT2D eigenvalue weighted by molar-refractivity contribution is 0.673. The van der Waals surface area contributed by atoms with Crippen molar-refractivity contribution < 1.29 is 4.42 Å². The van der Waals surface area contributed by atoms with Crippen LogP contribution in [0.4, 0.5) is 17.1 Å². The SMILES string of the molecule is c1ccc(-c2ccc(N(c3ccccc3-c3cccc4oc5c6ccccc6ccc5c34)c3ccccc3-c3cccc4c3c3ccccc3n4-c3ccccc3)cc2)cc1. The molecule has 0 unspecified atom stereocenters. The summed E-state index contributed by atoms with van der Waals surface area (Å²) in [5, 5.41) is 6.95. The molecular formula is C58H38N2O. The summed E-state index contributed by atoms with van der Waals surface area (Å²) in [6.45, 7) is 0. The first kappa shape index (κ1) is 34.9. The van der Waals surface area contributed by atoms with Gasteiger partial charge in [-0.15, -0.1) is 0 Å². The molecular weight excluding hydrogens is 741 g/mol. The van der Waals surface area contributed by atoms with E-state index in [9.17, 15) is 0 Å². The van der Waals surface area contributed by atoms with E-state index in [0.717, 1.165) is 66.8 Å². The second-order valence-corrected chi connectivity index (χ2v) is 15.6. The molecule has 0 bridgehead atoms. The first-order chi connectivity index (χ1) is 30.3. The summed E-state index contributed by atoms with van der Waals surface area (Å²) in [4.78, 5) is 2.45. The standard InChI is InChI=1S/C58H38N2O/c1-3-17-39(18-4-1)40-33-36-43(37-34-40)59(52-29-13-10-24-46(52)48-27-16-32-55-57(48)50-38-35-41-19-7-8-22-44(41)58(50)61-55)51-28-12-9-23-45(51)47-26-15-31-54-56(47)49-25-11-14-30-53(49)60(54)42-20-5-2-6-21-42/h1-38H. The number of rotatable bonds is 7. The van der Waals surface area contributed by atoms with Gasteiger partial charge in [0.2, 0.25) is 0 Å². The number of benzene rings is 10.